The Morgan fingerprint density at radius 2 is 2.07 bits per heavy atom. The Bertz CT molecular complexity index is 335. The second-order valence-electron chi connectivity index (χ2n) is 3.28. The first-order valence-electron chi connectivity index (χ1n) is 4.94. The minimum Gasteiger partial charge on any atom is -0.496 e. The fourth-order valence-electron chi connectivity index (χ4n) is 1.60. The minimum absolute atomic E-state index is 0.286. The molecule has 0 bridgehead atoms. The highest BCUT2D eigenvalue weighted by molar-refractivity contribution is 5.51. The number of ether oxygens (including phenoxy) is 3. The molecule has 0 unspecified atom stereocenters. The highest BCUT2D eigenvalue weighted by Crippen LogP contribution is 2.32. The first-order valence-corrected chi connectivity index (χ1v) is 4.94. The van der Waals surface area contributed by atoms with E-state index in [2.05, 4.69) is 5.32 Å². The summed E-state index contributed by atoms with van der Waals surface area (Å²) in [5.41, 5.74) is 1.95. The van der Waals surface area contributed by atoms with Gasteiger partial charge in [0.25, 0.3) is 0 Å². The molecule has 1 heterocycles. The SMILES string of the molecule is CNc1ccc(C2OCCO2)c(OC)c1. The van der Waals surface area contributed by atoms with Gasteiger partial charge in [-0.15, -0.1) is 0 Å². The quantitative estimate of drug-likeness (QED) is 0.823. The molecule has 0 aliphatic carbocycles. The van der Waals surface area contributed by atoms with Crippen molar-refractivity contribution in [3.05, 3.63) is 23.8 Å². The van der Waals surface area contributed by atoms with Gasteiger partial charge in [0, 0.05) is 24.4 Å². The molecule has 1 aromatic rings. The largest absolute Gasteiger partial charge is 0.496 e. The van der Waals surface area contributed by atoms with E-state index in [9.17, 15) is 0 Å². The maximum atomic E-state index is 5.43. The lowest BCUT2D eigenvalue weighted by Crippen LogP contribution is -2.02. The van der Waals surface area contributed by atoms with E-state index in [1.54, 1.807) is 7.11 Å². The third-order valence-corrected chi connectivity index (χ3v) is 2.40. The first kappa shape index (κ1) is 10.3. The van der Waals surface area contributed by atoms with Crippen LogP contribution in [0.2, 0.25) is 0 Å². The summed E-state index contributed by atoms with van der Waals surface area (Å²) in [7, 11) is 3.52. The molecule has 4 heteroatoms. The van der Waals surface area contributed by atoms with Gasteiger partial charge in [-0.1, -0.05) is 0 Å². The van der Waals surface area contributed by atoms with Crippen LogP contribution in [0.4, 0.5) is 5.69 Å². The van der Waals surface area contributed by atoms with Gasteiger partial charge < -0.3 is 19.5 Å². The van der Waals surface area contributed by atoms with Crippen LogP contribution in [0.5, 0.6) is 5.75 Å². The Labute approximate surface area is 89.1 Å². The van der Waals surface area contributed by atoms with Crippen molar-refractivity contribution in [2.45, 2.75) is 6.29 Å². The monoisotopic (exact) mass is 209 g/mol. The minimum atomic E-state index is -0.286. The maximum absolute atomic E-state index is 5.43. The number of benzene rings is 1. The summed E-state index contributed by atoms with van der Waals surface area (Å²) in [6.45, 7) is 1.28. The zero-order valence-corrected chi connectivity index (χ0v) is 8.95. The maximum Gasteiger partial charge on any atom is 0.187 e. The molecule has 2 rings (SSSR count). The van der Waals surface area contributed by atoms with E-state index in [1.165, 1.54) is 0 Å². The van der Waals surface area contributed by atoms with Crippen LogP contribution in [-0.4, -0.2) is 27.4 Å². The van der Waals surface area contributed by atoms with Gasteiger partial charge in [-0.3, -0.25) is 0 Å². The smallest absolute Gasteiger partial charge is 0.187 e. The molecule has 1 saturated heterocycles. The molecule has 1 fully saturated rings. The topological polar surface area (TPSA) is 39.7 Å². The van der Waals surface area contributed by atoms with Crippen LogP contribution in [0.1, 0.15) is 11.9 Å². The van der Waals surface area contributed by atoms with Gasteiger partial charge in [-0.25, -0.2) is 0 Å². The number of nitrogens with one attached hydrogen (secondary N) is 1. The zero-order valence-electron chi connectivity index (χ0n) is 8.95. The predicted molar refractivity (Wildman–Crippen MR) is 57.2 cm³/mol. The summed E-state index contributed by atoms with van der Waals surface area (Å²) >= 11 is 0. The Balaban J connectivity index is 2.29. The van der Waals surface area contributed by atoms with Crippen LogP contribution in [0.15, 0.2) is 18.2 Å². The zero-order chi connectivity index (χ0) is 10.7. The molecule has 82 valence electrons. The number of anilines is 1. The third kappa shape index (κ3) is 2.06. The molecule has 1 aliphatic heterocycles. The third-order valence-electron chi connectivity index (χ3n) is 2.40. The Morgan fingerprint density at radius 3 is 2.67 bits per heavy atom. The molecule has 1 aromatic carbocycles. The van der Waals surface area contributed by atoms with Crippen LogP contribution in [0, 0.1) is 0 Å². The van der Waals surface area contributed by atoms with E-state index in [0.29, 0.717) is 13.2 Å². The molecule has 0 spiro atoms. The molecule has 0 saturated carbocycles. The fourth-order valence-corrected chi connectivity index (χ4v) is 1.60. The van der Waals surface area contributed by atoms with Crippen molar-refractivity contribution < 1.29 is 14.2 Å². The summed E-state index contributed by atoms with van der Waals surface area (Å²) in [5, 5.41) is 3.06. The molecule has 0 radical (unpaired) electrons. The van der Waals surface area contributed by atoms with Gasteiger partial charge in [0.1, 0.15) is 5.75 Å². The van der Waals surface area contributed by atoms with Crippen LogP contribution in [0.3, 0.4) is 0 Å². The molecule has 0 atom stereocenters. The van der Waals surface area contributed by atoms with Gasteiger partial charge in [0.2, 0.25) is 0 Å². The van der Waals surface area contributed by atoms with Gasteiger partial charge >= 0.3 is 0 Å². The predicted octanol–water partition coefficient (Wildman–Crippen LogP) is 1.78. The fraction of sp³-hybridized carbons (Fsp3) is 0.455. The van der Waals surface area contributed by atoms with Crippen LogP contribution in [-0.2, 0) is 9.47 Å². The molecular formula is C11H15NO3. The van der Waals surface area contributed by atoms with Crippen molar-refractivity contribution in [2.24, 2.45) is 0 Å². The van der Waals surface area contributed by atoms with Crippen molar-refractivity contribution >= 4 is 5.69 Å². The average molecular weight is 209 g/mol. The van der Waals surface area contributed by atoms with Crippen molar-refractivity contribution in [1.82, 2.24) is 0 Å². The van der Waals surface area contributed by atoms with E-state index in [-0.39, 0.29) is 6.29 Å². The highest BCUT2D eigenvalue weighted by Gasteiger charge is 2.21. The van der Waals surface area contributed by atoms with Crippen LogP contribution >= 0.6 is 0 Å². The van der Waals surface area contributed by atoms with Crippen molar-refractivity contribution in [1.29, 1.82) is 0 Å². The normalized spacial score (nSPS) is 16.7. The van der Waals surface area contributed by atoms with E-state index < -0.39 is 0 Å². The summed E-state index contributed by atoms with van der Waals surface area (Å²) in [6.07, 6.45) is -0.286. The van der Waals surface area contributed by atoms with Gasteiger partial charge in [-0.2, -0.15) is 0 Å². The van der Waals surface area contributed by atoms with Gasteiger partial charge in [-0.05, 0) is 12.1 Å². The van der Waals surface area contributed by atoms with Gasteiger partial charge in [0.05, 0.1) is 20.3 Å². The summed E-state index contributed by atoms with van der Waals surface area (Å²) < 4.78 is 16.2. The lowest BCUT2D eigenvalue weighted by Gasteiger charge is -2.14. The molecule has 4 nitrogen and oxygen atoms in total. The second-order valence-corrected chi connectivity index (χ2v) is 3.28. The molecular weight excluding hydrogens is 194 g/mol. The summed E-state index contributed by atoms with van der Waals surface area (Å²) in [5.74, 6) is 0.786. The lowest BCUT2D eigenvalue weighted by molar-refractivity contribution is -0.0454. The molecule has 1 aliphatic rings. The number of hydrogen-bond acceptors (Lipinski definition) is 4. The second kappa shape index (κ2) is 4.51. The summed E-state index contributed by atoms with van der Waals surface area (Å²) in [6, 6.07) is 5.86. The van der Waals surface area contributed by atoms with Crippen LogP contribution < -0.4 is 10.1 Å². The molecule has 0 amide bonds. The Morgan fingerprint density at radius 1 is 1.33 bits per heavy atom. The average Bonchev–Trinajstić information content (AvgIpc) is 2.81. The van der Waals surface area contributed by atoms with E-state index >= 15 is 0 Å². The first-order chi connectivity index (χ1) is 7.35. The van der Waals surface area contributed by atoms with Crippen molar-refractivity contribution in [3.63, 3.8) is 0 Å². The lowest BCUT2D eigenvalue weighted by atomic mass is 10.1. The number of hydrogen-bond donors (Lipinski definition) is 1. The standard InChI is InChI=1S/C11H15NO3/c1-12-8-3-4-9(10(7-8)13-2)11-14-5-6-15-11/h3-4,7,11-12H,5-6H2,1-2H3. The number of rotatable bonds is 3. The van der Waals surface area contributed by atoms with E-state index in [1.807, 2.05) is 25.2 Å². The molecule has 0 aromatic heterocycles. The summed E-state index contributed by atoms with van der Waals surface area (Å²) in [4.78, 5) is 0. The van der Waals surface area contributed by atoms with Crippen molar-refractivity contribution in [2.75, 3.05) is 32.7 Å². The Hall–Kier alpha value is -1.26. The van der Waals surface area contributed by atoms with E-state index in [0.717, 1.165) is 17.0 Å². The van der Waals surface area contributed by atoms with E-state index in [4.69, 9.17) is 14.2 Å². The van der Waals surface area contributed by atoms with Crippen molar-refractivity contribution in [3.8, 4) is 5.75 Å². The molecule has 15 heavy (non-hydrogen) atoms. The Kier molecular flexibility index (Phi) is 3.08. The van der Waals surface area contributed by atoms with Crippen LogP contribution in [0.25, 0.3) is 0 Å². The van der Waals surface area contributed by atoms with Gasteiger partial charge in [0.15, 0.2) is 6.29 Å². The molecule has 1 N–H and O–H groups in total. The number of methoxy groups -OCH3 is 1. The highest BCUT2D eigenvalue weighted by atomic mass is 16.7.